The van der Waals surface area contributed by atoms with E-state index >= 15 is 0 Å². The van der Waals surface area contributed by atoms with Crippen LogP contribution in [0.4, 0.5) is 0 Å². The Bertz CT molecular complexity index is 710. The van der Waals surface area contributed by atoms with E-state index < -0.39 is 0 Å². The minimum Gasteiger partial charge on any atom is -0.488 e. The molecule has 24 heavy (non-hydrogen) atoms. The molecule has 0 heterocycles. The van der Waals surface area contributed by atoms with Crippen LogP contribution in [0.2, 0.25) is 0 Å². The number of hydrogen-bond acceptors (Lipinski definition) is 3. The number of hydrogen-bond donors (Lipinski definition) is 2. The monoisotopic (exact) mass is 324 g/mol. The van der Waals surface area contributed by atoms with Crippen molar-refractivity contribution in [3.8, 4) is 5.75 Å². The highest BCUT2D eigenvalue weighted by Crippen LogP contribution is 2.31. The van der Waals surface area contributed by atoms with E-state index in [2.05, 4.69) is 18.3 Å². The van der Waals surface area contributed by atoms with E-state index in [1.165, 1.54) is 18.4 Å². The fourth-order valence-corrected chi connectivity index (χ4v) is 2.70. The summed E-state index contributed by atoms with van der Waals surface area (Å²) in [5.74, 6) is 1.03. The number of ether oxygens (including phenoxy) is 1. The van der Waals surface area contributed by atoms with Crippen LogP contribution in [-0.4, -0.2) is 18.5 Å². The maximum atomic E-state index is 12.4. The maximum Gasteiger partial charge on any atom is 0.255 e. The smallest absolute Gasteiger partial charge is 0.255 e. The lowest BCUT2D eigenvalue weighted by Gasteiger charge is -2.15. The summed E-state index contributed by atoms with van der Waals surface area (Å²) in [5.41, 5.74) is 8.89. The van der Waals surface area contributed by atoms with Crippen LogP contribution in [0.1, 0.15) is 34.3 Å². The number of carbonyl (C=O) groups is 1. The van der Waals surface area contributed by atoms with Crippen LogP contribution in [0, 0.1) is 12.8 Å². The molecule has 1 unspecified atom stereocenters. The third-order valence-corrected chi connectivity index (χ3v) is 4.50. The Morgan fingerprint density at radius 1 is 1.21 bits per heavy atom. The Labute approximate surface area is 143 Å². The van der Waals surface area contributed by atoms with Crippen molar-refractivity contribution in [3.05, 3.63) is 65.2 Å². The molecular weight excluding hydrogens is 300 g/mol. The summed E-state index contributed by atoms with van der Waals surface area (Å²) in [4.78, 5) is 12.4. The SMILES string of the molecule is Cc1ccccc1COc1ccccc1C(=O)NCC(N)C1CC1. The second-order valence-electron chi connectivity index (χ2n) is 6.42. The summed E-state index contributed by atoms with van der Waals surface area (Å²) < 4.78 is 5.90. The second kappa shape index (κ2) is 7.49. The van der Waals surface area contributed by atoms with Gasteiger partial charge in [-0.05, 0) is 48.9 Å². The van der Waals surface area contributed by atoms with E-state index in [1.54, 1.807) is 6.07 Å². The zero-order valence-corrected chi connectivity index (χ0v) is 14.0. The van der Waals surface area contributed by atoms with Crippen molar-refractivity contribution in [3.63, 3.8) is 0 Å². The van der Waals surface area contributed by atoms with Crippen LogP contribution in [0.15, 0.2) is 48.5 Å². The van der Waals surface area contributed by atoms with Crippen LogP contribution < -0.4 is 15.8 Å². The van der Waals surface area contributed by atoms with Gasteiger partial charge < -0.3 is 15.8 Å². The first kappa shape index (κ1) is 16.5. The zero-order chi connectivity index (χ0) is 16.9. The Morgan fingerprint density at radius 3 is 2.67 bits per heavy atom. The molecule has 1 fully saturated rings. The molecule has 0 spiro atoms. The predicted molar refractivity (Wildman–Crippen MR) is 95.0 cm³/mol. The van der Waals surface area contributed by atoms with Gasteiger partial charge in [0.25, 0.3) is 5.91 Å². The first-order chi connectivity index (χ1) is 11.6. The van der Waals surface area contributed by atoms with Crippen LogP contribution in [0.5, 0.6) is 5.75 Å². The number of aryl methyl sites for hydroxylation is 1. The van der Waals surface area contributed by atoms with Gasteiger partial charge in [-0.2, -0.15) is 0 Å². The van der Waals surface area contributed by atoms with Gasteiger partial charge >= 0.3 is 0 Å². The summed E-state index contributed by atoms with van der Waals surface area (Å²) in [7, 11) is 0. The third-order valence-electron chi connectivity index (χ3n) is 4.50. The lowest BCUT2D eigenvalue weighted by Crippen LogP contribution is -2.38. The average Bonchev–Trinajstić information content (AvgIpc) is 3.44. The van der Waals surface area contributed by atoms with Crippen molar-refractivity contribution < 1.29 is 9.53 Å². The first-order valence-electron chi connectivity index (χ1n) is 8.45. The van der Waals surface area contributed by atoms with Crippen LogP contribution in [-0.2, 0) is 6.61 Å². The van der Waals surface area contributed by atoms with Gasteiger partial charge in [-0.15, -0.1) is 0 Å². The number of carbonyl (C=O) groups excluding carboxylic acids is 1. The molecule has 1 aliphatic carbocycles. The first-order valence-corrected chi connectivity index (χ1v) is 8.45. The van der Waals surface area contributed by atoms with Crippen LogP contribution in [0.3, 0.4) is 0 Å². The lowest BCUT2D eigenvalue weighted by atomic mass is 10.1. The molecule has 3 rings (SSSR count). The fourth-order valence-electron chi connectivity index (χ4n) is 2.70. The lowest BCUT2D eigenvalue weighted by molar-refractivity contribution is 0.0945. The molecule has 2 aromatic rings. The Kier molecular flexibility index (Phi) is 5.16. The molecule has 0 bridgehead atoms. The molecule has 1 saturated carbocycles. The van der Waals surface area contributed by atoms with Gasteiger partial charge in [0.2, 0.25) is 0 Å². The van der Waals surface area contributed by atoms with Gasteiger partial charge in [-0.1, -0.05) is 36.4 Å². The van der Waals surface area contributed by atoms with Crippen molar-refractivity contribution in [2.45, 2.75) is 32.4 Å². The van der Waals surface area contributed by atoms with E-state index in [4.69, 9.17) is 10.5 Å². The maximum absolute atomic E-state index is 12.4. The van der Waals surface area contributed by atoms with Gasteiger partial charge in [-0.3, -0.25) is 4.79 Å². The van der Waals surface area contributed by atoms with Crippen molar-refractivity contribution >= 4 is 5.91 Å². The zero-order valence-electron chi connectivity index (χ0n) is 14.0. The molecule has 0 aliphatic heterocycles. The number of amides is 1. The van der Waals surface area contributed by atoms with Crippen molar-refractivity contribution in [2.24, 2.45) is 11.7 Å². The summed E-state index contributed by atoms with van der Waals surface area (Å²) in [6.45, 7) is 3.00. The minimum absolute atomic E-state index is 0.0500. The molecule has 4 heteroatoms. The summed E-state index contributed by atoms with van der Waals surface area (Å²) >= 11 is 0. The molecule has 126 valence electrons. The van der Waals surface area contributed by atoms with E-state index in [0.717, 1.165) is 5.56 Å². The van der Waals surface area contributed by atoms with Crippen molar-refractivity contribution in [2.75, 3.05) is 6.54 Å². The number of nitrogens with one attached hydrogen (secondary N) is 1. The number of benzene rings is 2. The van der Waals surface area contributed by atoms with Crippen LogP contribution in [0.25, 0.3) is 0 Å². The van der Waals surface area contributed by atoms with E-state index in [0.29, 0.717) is 30.4 Å². The molecule has 2 aromatic carbocycles. The molecule has 0 radical (unpaired) electrons. The molecule has 1 aliphatic rings. The second-order valence-corrected chi connectivity index (χ2v) is 6.42. The Balaban J connectivity index is 1.63. The fraction of sp³-hybridized carbons (Fsp3) is 0.350. The summed E-state index contributed by atoms with van der Waals surface area (Å²) in [6.07, 6.45) is 2.35. The van der Waals surface area contributed by atoms with E-state index in [9.17, 15) is 4.79 Å². The van der Waals surface area contributed by atoms with Gasteiger partial charge in [0.15, 0.2) is 0 Å². The Hall–Kier alpha value is -2.33. The molecule has 4 nitrogen and oxygen atoms in total. The van der Waals surface area contributed by atoms with Gasteiger partial charge in [0.05, 0.1) is 5.56 Å². The molecular formula is C20H24N2O2. The predicted octanol–water partition coefficient (Wildman–Crippen LogP) is 3.04. The minimum atomic E-state index is -0.133. The third kappa shape index (κ3) is 4.15. The number of rotatable bonds is 7. The molecule has 0 saturated heterocycles. The molecule has 0 aromatic heterocycles. The topological polar surface area (TPSA) is 64.3 Å². The van der Waals surface area contributed by atoms with Gasteiger partial charge in [0.1, 0.15) is 12.4 Å². The summed E-state index contributed by atoms with van der Waals surface area (Å²) in [5, 5.41) is 2.93. The highest BCUT2D eigenvalue weighted by Gasteiger charge is 2.28. The average molecular weight is 324 g/mol. The van der Waals surface area contributed by atoms with E-state index in [1.807, 2.05) is 36.4 Å². The van der Waals surface area contributed by atoms with Crippen LogP contribution >= 0.6 is 0 Å². The molecule has 1 amide bonds. The summed E-state index contributed by atoms with van der Waals surface area (Å²) in [6, 6.07) is 15.5. The molecule has 1 atom stereocenters. The molecule has 3 N–H and O–H groups in total. The standard InChI is InChI=1S/C20H24N2O2/c1-14-6-2-3-7-16(14)13-24-19-9-5-4-8-17(19)20(23)22-12-18(21)15-10-11-15/h2-9,15,18H,10-13,21H2,1H3,(H,22,23). The number of para-hydroxylation sites is 1. The van der Waals surface area contributed by atoms with Crippen molar-refractivity contribution in [1.29, 1.82) is 0 Å². The van der Waals surface area contributed by atoms with E-state index in [-0.39, 0.29) is 11.9 Å². The van der Waals surface area contributed by atoms with Gasteiger partial charge in [0, 0.05) is 12.6 Å². The van der Waals surface area contributed by atoms with Crippen molar-refractivity contribution in [1.82, 2.24) is 5.32 Å². The number of nitrogens with two attached hydrogens (primary N) is 1. The normalized spacial score (nSPS) is 14.9. The highest BCUT2D eigenvalue weighted by atomic mass is 16.5. The Morgan fingerprint density at radius 2 is 1.92 bits per heavy atom. The highest BCUT2D eigenvalue weighted by molar-refractivity contribution is 5.96. The quantitative estimate of drug-likeness (QED) is 0.823. The largest absolute Gasteiger partial charge is 0.488 e. The van der Waals surface area contributed by atoms with Gasteiger partial charge in [-0.25, -0.2) is 0 Å².